The molecule has 2 heterocycles. The van der Waals surface area contributed by atoms with Crippen molar-refractivity contribution in [3.63, 3.8) is 0 Å². The number of fused-ring (bicyclic) bond motifs is 3. The molecular weight excluding hydrogens is 326 g/mol. The van der Waals surface area contributed by atoms with E-state index in [4.69, 9.17) is 4.74 Å². The number of Topliss-reactive ketones (excluding diaryl/α,β-unsaturated/α-hetero) is 1. The van der Waals surface area contributed by atoms with Crippen LogP contribution in [0.2, 0.25) is 0 Å². The van der Waals surface area contributed by atoms with E-state index in [1.807, 2.05) is 48.5 Å². The van der Waals surface area contributed by atoms with E-state index in [0.717, 1.165) is 17.5 Å². The third-order valence-electron chi connectivity index (χ3n) is 4.93. The highest BCUT2D eigenvalue weighted by atomic mass is 16.5. The fraction of sp³-hybridized carbons (Fsp3) is 0.190. The first kappa shape index (κ1) is 15.1. The minimum absolute atomic E-state index is 0.0893. The fourth-order valence-corrected chi connectivity index (χ4v) is 3.72. The number of rotatable bonds is 1. The van der Waals surface area contributed by atoms with Crippen LogP contribution >= 0.6 is 0 Å². The molecule has 128 valence electrons. The molecule has 1 atom stereocenters. The van der Waals surface area contributed by atoms with E-state index in [-0.39, 0.29) is 5.78 Å². The molecule has 3 aromatic rings. The Labute approximate surface area is 151 Å². The zero-order valence-electron chi connectivity index (χ0n) is 14.3. The van der Waals surface area contributed by atoms with Crippen molar-refractivity contribution in [1.82, 2.24) is 14.8 Å². The van der Waals surface area contributed by atoms with Gasteiger partial charge in [-0.1, -0.05) is 54.6 Å². The van der Waals surface area contributed by atoms with Gasteiger partial charge in [0.15, 0.2) is 0 Å². The van der Waals surface area contributed by atoms with Crippen molar-refractivity contribution < 1.29 is 9.53 Å². The van der Waals surface area contributed by atoms with Crippen LogP contribution < -0.4 is 0 Å². The molecule has 1 aliphatic heterocycles. The van der Waals surface area contributed by atoms with Gasteiger partial charge in [0.05, 0.1) is 0 Å². The van der Waals surface area contributed by atoms with Gasteiger partial charge in [0.1, 0.15) is 11.6 Å². The summed E-state index contributed by atoms with van der Waals surface area (Å²) in [5.74, 6) is 1.49. The Bertz CT molecular complexity index is 1050. The van der Waals surface area contributed by atoms with Crippen LogP contribution in [0.1, 0.15) is 45.8 Å². The molecule has 26 heavy (non-hydrogen) atoms. The second kappa shape index (κ2) is 5.66. The predicted molar refractivity (Wildman–Crippen MR) is 96.4 cm³/mol. The van der Waals surface area contributed by atoms with Gasteiger partial charge in [0.25, 0.3) is 0 Å². The number of hydrogen-bond acceptors (Lipinski definition) is 4. The van der Waals surface area contributed by atoms with Crippen LogP contribution in [0.25, 0.3) is 5.76 Å². The molecule has 5 nitrogen and oxygen atoms in total. The van der Waals surface area contributed by atoms with Crippen molar-refractivity contribution in [1.29, 1.82) is 0 Å². The van der Waals surface area contributed by atoms with E-state index >= 15 is 0 Å². The van der Waals surface area contributed by atoms with Crippen LogP contribution in [-0.2, 0) is 11.2 Å². The third-order valence-corrected chi connectivity index (χ3v) is 4.93. The summed E-state index contributed by atoms with van der Waals surface area (Å²) >= 11 is 0. The van der Waals surface area contributed by atoms with Gasteiger partial charge in [-0.3, -0.25) is 4.79 Å². The molecular formula is C21H17N3O2. The number of aromatic nitrogens is 3. The van der Waals surface area contributed by atoms with E-state index in [2.05, 4.69) is 16.1 Å². The Morgan fingerprint density at radius 2 is 1.81 bits per heavy atom. The highest BCUT2D eigenvalue weighted by Crippen LogP contribution is 2.39. The van der Waals surface area contributed by atoms with Gasteiger partial charge in [0, 0.05) is 16.7 Å². The number of aryl methyl sites for hydroxylation is 2. The quantitative estimate of drug-likeness (QED) is 0.676. The maximum absolute atomic E-state index is 13.2. The van der Waals surface area contributed by atoms with E-state index < -0.39 is 6.23 Å². The lowest BCUT2D eigenvalue weighted by Crippen LogP contribution is -2.17. The molecule has 2 aliphatic rings. The van der Waals surface area contributed by atoms with Crippen molar-refractivity contribution in [3.8, 4) is 0 Å². The predicted octanol–water partition coefficient (Wildman–Crippen LogP) is 3.70. The summed E-state index contributed by atoms with van der Waals surface area (Å²) in [5.41, 5.74) is 3.82. The molecule has 0 N–H and O–H groups in total. The van der Waals surface area contributed by atoms with E-state index in [1.54, 1.807) is 11.6 Å². The van der Waals surface area contributed by atoms with Gasteiger partial charge in [0.2, 0.25) is 17.8 Å². The standard InChI is InChI=1S/C21H17N3O2/c1-13-22-20-18(25)17-12-11-14-7-5-6-10-16(14)19(17)26-21(24(20)23-13)15-8-3-2-4-9-15/h2-10,21H,11-12H2,1H3. The van der Waals surface area contributed by atoms with Crippen molar-refractivity contribution in [3.05, 3.63) is 88.5 Å². The average Bonchev–Trinajstić information content (AvgIpc) is 3.02. The molecule has 0 fully saturated rings. The SMILES string of the molecule is Cc1nc2n(n1)C(c1ccccc1)OC1=C(CCc3ccccc31)C2=O. The largest absolute Gasteiger partial charge is 0.463 e. The van der Waals surface area contributed by atoms with Gasteiger partial charge < -0.3 is 4.74 Å². The zero-order valence-corrected chi connectivity index (χ0v) is 14.3. The summed E-state index contributed by atoms with van der Waals surface area (Å²) in [6, 6.07) is 17.9. The number of hydrogen-bond donors (Lipinski definition) is 0. The van der Waals surface area contributed by atoms with Crippen LogP contribution in [0, 0.1) is 6.92 Å². The number of nitrogens with zero attached hydrogens (tertiary/aromatic N) is 3. The number of ketones is 1. The molecule has 0 radical (unpaired) electrons. The van der Waals surface area contributed by atoms with Crippen LogP contribution in [0.4, 0.5) is 0 Å². The molecule has 1 unspecified atom stereocenters. The topological polar surface area (TPSA) is 57.0 Å². The molecule has 0 spiro atoms. The summed E-state index contributed by atoms with van der Waals surface area (Å²) < 4.78 is 8.08. The van der Waals surface area contributed by atoms with E-state index in [9.17, 15) is 4.79 Å². The Morgan fingerprint density at radius 3 is 2.65 bits per heavy atom. The number of carbonyl (C=O) groups is 1. The van der Waals surface area contributed by atoms with Crippen molar-refractivity contribution in [2.24, 2.45) is 0 Å². The maximum atomic E-state index is 13.2. The molecule has 1 aliphatic carbocycles. The first-order chi connectivity index (χ1) is 12.7. The van der Waals surface area contributed by atoms with Crippen LogP contribution in [0.15, 0.2) is 60.2 Å². The normalized spacial score (nSPS) is 18.5. The molecule has 5 heteroatoms. The van der Waals surface area contributed by atoms with Crippen LogP contribution in [0.5, 0.6) is 0 Å². The number of carbonyl (C=O) groups excluding carboxylic acids is 1. The van der Waals surface area contributed by atoms with Gasteiger partial charge in [-0.05, 0) is 25.3 Å². The highest BCUT2D eigenvalue weighted by Gasteiger charge is 2.36. The Morgan fingerprint density at radius 1 is 1.04 bits per heavy atom. The lowest BCUT2D eigenvalue weighted by atomic mass is 9.88. The Hall–Kier alpha value is -3.21. The summed E-state index contributed by atoms with van der Waals surface area (Å²) in [7, 11) is 0. The number of allylic oxidation sites excluding steroid dienone is 1. The number of ether oxygens (including phenoxy) is 1. The summed E-state index contributed by atoms with van der Waals surface area (Å²) in [4.78, 5) is 17.6. The zero-order chi connectivity index (χ0) is 17.7. The lowest BCUT2D eigenvalue weighted by molar-refractivity contribution is 0.100. The molecule has 1 aromatic heterocycles. The Balaban J connectivity index is 1.75. The molecule has 0 bridgehead atoms. The van der Waals surface area contributed by atoms with Crippen LogP contribution in [0.3, 0.4) is 0 Å². The van der Waals surface area contributed by atoms with E-state index in [1.165, 1.54) is 5.56 Å². The average molecular weight is 343 g/mol. The molecule has 5 rings (SSSR count). The van der Waals surface area contributed by atoms with Crippen molar-refractivity contribution in [2.45, 2.75) is 26.0 Å². The van der Waals surface area contributed by atoms with E-state index in [0.29, 0.717) is 29.4 Å². The molecule has 0 saturated heterocycles. The third kappa shape index (κ3) is 2.20. The highest BCUT2D eigenvalue weighted by molar-refractivity contribution is 6.11. The first-order valence-corrected chi connectivity index (χ1v) is 8.73. The molecule has 0 saturated carbocycles. The smallest absolute Gasteiger partial charge is 0.229 e. The van der Waals surface area contributed by atoms with Crippen molar-refractivity contribution >= 4 is 11.5 Å². The van der Waals surface area contributed by atoms with Crippen molar-refractivity contribution in [2.75, 3.05) is 0 Å². The minimum atomic E-state index is -0.519. The fourth-order valence-electron chi connectivity index (χ4n) is 3.72. The molecule has 2 aromatic carbocycles. The van der Waals surface area contributed by atoms with Crippen LogP contribution in [-0.4, -0.2) is 20.5 Å². The minimum Gasteiger partial charge on any atom is -0.463 e. The first-order valence-electron chi connectivity index (χ1n) is 8.73. The number of benzene rings is 2. The lowest BCUT2D eigenvalue weighted by Gasteiger charge is -2.24. The summed E-state index contributed by atoms with van der Waals surface area (Å²) in [6.07, 6.45) is 0.959. The Kier molecular flexibility index (Phi) is 3.28. The summed E-state index contributed by atoms with van der Waals surface area (Å²) in [5, 5.41) is 4.47. The second-order valence-corrected chi connectivity index (χ2v) is 6.60. The van der Waals surface area contributed by atoms with Gasteiger partial charge >= 0.3 is 0 Å². The van der Waals surface area contributed by atoms with Gasteiger partial charge in [-0.15, -0.1) is 0 Å². The van der Waals surface area contributed by atoms with Gasteiger partial charge in [-0.2, -0.15) is 9.78 Å². The second-order valence-electron chi connectivity index (χ2n) is 6.60. The van der Waals surface area contributed by atoms with Gasteiger partial charge in [-0.25, -0.2) is 4.98 Å². The molecule has 0 amide bonds. The summed E-state index contributed by atoms with van der Waals surface area (Å²) in [6.45, 7) is 1.79. The monoisotopic (exact) mass is 343 g/mol. The maximum Gasteiger partial charge on any atom is 0.229 e.